The van der Waals surface area contributed by atoms with Crippen LogP contribution in [0.3, 0.4) is 0 Å². The first-order chi connectivity index (χ1) is 28.1. The molecule has 58 heavy (non-hydrogen) atoms. The number of hydrogen-bond acceptors (Lipinski definition) is 10. The van der Waals surface area contributed by atoms with E-state index in [1.807, 2.05) is 48.5 Å². The molecule has 8 aromatic rings. The molecule has 4 N–H and O–H groups in total. The van der Waals surface area contributed by atoms with E-state index in [-0.39, 0.29) is 21.9 Å². The molecule has 0 radical (unpaired) electrons. The van der Waals surface area contributed by atoms with Crippen LogP contribution < -0.4 is 21.3 Å². The Balaban J connectivity index is 0.000000150. The zero-order chi connectivity index (χ0) is 40.0. The second-order valence-corrected chi connectivity index (χ2v) is 17.9. The molecule has 0 aliphatic carbocycles. The van der Waals surface area contributed by atoms with Gasteiger partial charge in [0.2, 0.25) is 0 Å². The molecular formula is C42H38F2N8O4S2. The van der Waals surface area contributed by atoms with Gasteiger partial charge >= 0.3 is 0 Å². The van der Waals surface area contributed by atoms with Gasteiger partial charge in [-0.2, -0.15) is 0 Å². The average molecular weight is 821 g/mol. The predicted molar refractivity (Wildman–Crippen MR) is 222 cm³/mol. The Morgan fingerprint density at radius 1 is 0.552 bits per heavy atom. The smallest absolute Gasteiger partial charge is 0.268 e. The quantitative estimate of drug-likeness (QED) is 0.131. The van der Waals surface area contributed by atoms with Gasteiger partial charge in [-0.05, 0) is 92.7 Å². The van der Waals surface area contributed by atoms with Gasteiger partial charge in [0.15, 0.2) is 0 Å². The van der Waals surface area contributed by atoms with Gasteiger partial charge in [0.1, 0.15) is 23.3 Å². The first kappa shape index (κ1) is 37.6. The maximum Gasteiger partial charge on any atom is 0.268 e. The van der Waals surface area contributed by atoms with Crippen LogP contribution >= 0.6 is 0 Å². The first-order valence-electron chi connectivity index (χ1n) is 18.8. The van der Waals surface area contributed by atoms with Crippen LogP contribution in [0.4, 0.5) is 20.4 Å². The number of benzene rings is 4. The lowest BCUT2D eigenvalue weighted by molar-refractivity contribution is 0.584. The Hall–Kier alpha value is -5.94. The SMILES string of the molecule is O=S(=O)(c1ccc(F)cc1)n1ccc2c(NC3CCNC3)nc3ccccc3c21.O=S(=O)(c1cccc(F)c1)n1ccc2c(N[C@@H]3CCNC3)nc3ccccc3c21. The molecule has 0 bridgehead atoms. The number of fused-ring (bicyclic) bond motifs is 6. The number of pyridine rings is 2. The monoisotopic (exact) mass is 820 g/mol. The van der Waals surface area contributed by atoms with E-state index in [0.717, 1.165) is 78.8 Å². The Morgan fingerprint density at radius 3 is 1.53 bits per heavy atom. The minimum Gasteiger partial charge on any atom is -0.365 e. The largest absolute Gasteiger partial charge is 0.365 e. The summed E-state index contributed by atoms with van der Waals surface area (Å²) >= 11 is 0. The van der Waals surface area contributed by atoms with Gasteiger partial charge in [0, 0.05) is 59.1 Å². The van der Waals surface area contributed by atoms with Gasteiger partial charge in [-0.25, -0.2) is 43.5 Å². The fourth-order valence-electron chi connectivity index (χ4n) is 7.67. The van der Waals surface area contributed by atoms with Crippen molar-refractivity contribution in [1.82, 2.24) is 28.5 Å². The molecule has 10 rings (SSSR count). The average Bonchev–Trinajstić information content (AvgIpc) is 4.07. The number of halogens is 2. The standard InChI is InChI=1S/2C21H19FN4O2S/c22-14-4-3-5-16(12-14)29(27,28)26-11-9-18-20(26)17-6-1-2-7-19(17)25-21(18)24-15-8-10-23-13-15;22-14-5-7-16(8-6-14)29(27,28)26-12-10-18-20(26)17-3-1-2-4-19(17)25-21(18)24-15-9-11-23-13-15/h1-7,9,11-12,15,23H,8,10,13H2,(H,24,25);1-8,10,12,15,23H,9,11,13H2,(H,24,25)/t15-;/m1./s1. The van der Waals surface area contributed by atoms with Crippen LogP contribution in [0.2, 0.25) is 0 Å². The molecule has 4 aromatic heterocycles. The van der Waals surface area contributed by atoms with Crippen molar-refractivity contribution >= 4 is 75.3 Å². The van der Waals surface area contributed by atoms with E-state index in [1.54, 1.807) is 12.1 Å². The van der Waals surface area contributed by atoms with Crippen LogP contribution in [-0.2, 0) is 20.0 Å². The van der Waals surface area contributed by atoms with Gasteiger partial charge in [-0.15, -0.1) is 0 Å². The van der Waals surface area contributed by atoms with Crippen molar-refractivity contribution in [2.24, 2.45) is 0 Å². The predicted octanol–water partition coefficient (Wildman–Crippen LogP) is 6.68. The molecule has 2 fully saturated rings. The fourth-order valence-corrected chi connectivity index (χ4v) is 10.4. The van der Waals surface area contributed by atoms with Gasteiger partial charge in [0.05, 0.1) is 31.9 Å². The third kappa shape index (κ3) is 6.91. The molecule has 2 atom stereocenters. The Kier molecular flexibility index (Phi) is 9.79. The van der Waals surface area contributed by atoms with Gasteiger partial charge in [-0.3, -0.25) is 0 Å². The van der Waals surface area contributed by atoms with E-state index in [4.69, 9.17) is 9.97 Å². The fraction of sp³-hybridized carbons (Fsp3) is 0.190. The molecule has 16 heteroatoms. The van der Waals surface area contributed by atoms with E-state index in [2.05, 4.69) is 21.3 Å². The lowest BCUT2D eigenvalue weighted by Crippen LogP contribution is -2.22. The molecule has 2 aliphatic rings. The molecule has 2 saturated heterocycles. The van der Waals surface area contributed by atoms with Crippen molar-refractivity contribution in [2.75, 3.05) is 36.8 Å². The van der Waals surface area contributed by atoms with Crippen molar-refractivity contribution < 1.29 is 25.6 Å². The van der Waals surface area contributed by atoms with Crippen molar-refractivity contribution in [3.8, 4) is 0 Å². The minimum atomic E-state index is -3.97. The molecule has 296 valence electrons. The Labute approximate surface area is 333 Å². The Bertz CT molecular complexity index is 3050. The van der Waals surface area contributed by atoms with E-state index in [9.17, 15) is 25.6 Å². The molecule has 4 aromatic carbocycles. The molecule has 6 heterocycles. The van der Waals surface area contributed by atoms with Crippen LogP contribution in [0.25, 0.3) is 43.6 Å². The van der Waals surface area contributed by atoms with E-state index >= 15 is 0 Å². The number of para-hydroxylation sites is 2. The van der Waals surface area contributed by atoms with Crippen LogP contribution in [0, 0.1) is 11.6 Å². The molecule has 0 spiro atoms. The minimum absolute atomic E-state index is 0.0341. The number of rotatable bonds is 8. The van der Waals surface area contributed by atoms with Crippen molar-refractivity contribution in [3.63, 3.8) is 0 Å². The molecule has 1 unspecified atom stereocenters. The topological polar surface area (TPSA) is 152 Å². The van der Waals surface area contributed by atoms with Gasteiger partial charge < -0.3 is 21.3 Å². The van der Waals surface area contributed by atoms with Crippen LogP contribution in [0.5, 0.6) is 0 Å². The summed E-state index contributed by atoms with van der Waals surface area (Å²) in [7, 11) is -7.86. The zero-order valence-electron chi connectivity index (χ0n) is 30.9. The lowest BCUT2D eigenvalue weighted by Gasteiger charge is -2.15. The number of anilines is 2. The van der Waals surface area contributed by atoms with Gasteiger partial charge in [-0.1, -0.05) is 42.5 Å². The van der Waals surface area contributed by atoms with E-state index < -0.39 is 31.7 Å². The lowest BCUT2D eigenvalue weighted by atomic mass is 10.1. The highest BCUT2D eigenvalue weighted by molar-refractivity contribution is 7.90. The van der Waals surface area contributed by atoms with E-state index in [0.29, 0.717) is 33.7 Å². The maximum atomic E-state index is 13.7. The zero-order valence-corrected chi connectivity index (χ0v) is 32.6. The normalized spacial score (nSPS) is 17.2. The van der Waals surface area contributed by atoms with Crippen molar-refractivity contribution in [2.45, 2.75) is 34.7 Å². The number of nitrogens with zero attached hydrogens (tertiary/aromatic N) is 4. The highest BCUT2D eigenvalue weighted by Gasteiger charge is 2.26. The molecule has 0 amide bonds. The van der Waals surface area contributed by atoms with Crippen LogP contribution in [0.1, 0.15) is 12.8 Å². The van der Waals surface area contributed by atoms with Crippen LogP contribution in [-0.4, -0.2) is 73.0 Å². The second-order valence-electron chi connectivity index (χ2n) is 14.3. The highest BCUT2D eigenvalue weighted by atomic mass is 32.2. The third-order valence-electron chi connectivity index (χ3n) is 10.5. The van der Waals surface area contributed by atoms with Gasteiger partial charge in [0.25, 0.3) is 20.0 Å². The summed E-state index contributed by atoms with van der Waals surface area (Å²) in [5.41, 5.74) is 2.51. The molecular weight excluding hydrogens is 783 g/mol. The van der Waals surface area contributed by atoms with Crippen molar-refractivity contribution in [1.29, 1.82) is 0 Å². The summed E-state index contributed by atoms with van der Waals surface area (Å²) in [5, 5.41) is 16.4. The molecule has 0 saturated carbocycles. The maximum absolute atomic E-state index is 13.7. The number of nitrogens with one attached hydrogen (secondary N) is 4. The summed E-state index contributed by atoms with van der Waals surface area (Å²) in [6, 6.07) is 28.8. The van der Waals surface area contributed by atoms with Crippen LogP contribution in [0.15, 0.2) is 131 Å². The van der Waals surface area contributed by atoms with Crippen molar-refractivity contribution in [3.05, 3.63) is 133 Å². The first-order valence-corrected chi connectivity index (χ1v) is 21.7. The Morgan fingerprint density at radius 2 is 1.05 bits per heavy atom. The number of aromatic nitrogens is 4. The summed E-state index contributed by atoms with van der Waals surface area (Å²) in [4.78, 5) is 9.43. The summed E-state index contributed by atoms with van der Waals surface area (Å²) in [5.74, 6) is 0.249. The molecule has 2 aliphatic heterocycles. The summed E-state index contributed by atoms with van der Waals surface area (Å²) < 4.78 is 82.7. The van der Waals surface area contributed by atoms with E-state index in [1.165, 1.54) is 50.7 Å². The second kappa shape index (κ2) is 15.1. The summed E-state index contributed by atoms with van der Waals surface area (Å²) in [6.07, 6.45) is 5.00. The number of hydrogen-bond donors (Lipinski definition) is 4. The summed E-state index contributed by atoms with van der Waals surface area (Å²) in [6.45, 7) is 3.54. The highest BCUT2D eigenvalue weighted by Crippen LogP contribution is 2.35. The molecule has 12 nitrogen and oxygen atoms in total. The third-order valence-corrected chi connectivity index (χ3v) is 13.9.